The van der Waals surface area contributed by atoms with Gasteiger partial charge in [0.2, 0.25) is 5.88 Å². The molecule has 0 aliphatic heterocycles. The molecule has 0 amide bonds. The lowest BCUT2D eigenvalue weighted by atomic mass is 9.90. The van der Waals surface area contributed by atoms with Crippen molar-refractivity contribution in [2.24, 2.45) is 4.99 Å². The summed E-state index contributed by atoms with van der Waals surface area (Å²) in [6.45, 7) is 0.245. The Bertz CT molecular complexity index is 771. The molecule has 0 unspecified atom stereocenters. The van der Waals surface area contributed by atoms with Gasteiger partial charge in [0.15, 0.2) is 0 Å². The number of hydrogen-bond donors (Lipinski definition) is 0. The van der Waals surface area contributed by atoms with Crippen molar-refractivity contribution >= 4 is 17.4 Å². The van der Waals surface area contributed by atoms with Crippen molar-refractivity contribution in [1.82, 2.24) is 4.98 Å². The van der Waals surface area contributed by atoms with Crippen LogP contribution in [-0.2, 0) is 11.3 Å². The number of rotatable bonds is 6. The molecule has 4 nitrogen and oxygen atoms in total. The van der Waals surface area contributed by atoms with Crippen LogP contribution in [0.3, 0.4) is 0 Å². The summed E-state index contributed by atoms with van der Waals surface area (Å²) < 4.78 is 25.3. The maximum Gasteiger partial charge on any atom is 0.221 e. The number of halogens is 1. The van der Waals surface area contributed by atoms with E-state index < -0.39 is 0 Å². The average molecular weight is 344 g/mol. The molecule has 1 aromatic heterocycles. The minimum atomic E-state index is -0.300. The topological polar surface area (TPSA) is 43.7 Å². The first kappa shape index (κ1) is 16.7. The standard InChI is InChI=1S/C18H17FN2O2S/c1-22-18-16(3-2-6-20-18)12-4-5-13(17(19)7-12)10-23-15-8-14(9-15)21-11-24/h2-7,14-15H,8-10H2,1H3/t14-,15-. The van der Waals surface area contributed by atoms with Crippen LogP contribution in [0.5, 0.6) is 5.88 Å². The summed E-state index contributed by atoms with van der Waals surface area (Å²) in [6.07, 6.45) is 3.38. The van der Waals surface area contributed by atoms with E-state index in [0.717, 1.165) is 24.0 Å². The third-order valence-electron chi connectivity index (χ3n) is 4.11. The number of ether oxygens (including phenoxy) is 2. The minimum Gasteiger partial charge on any atom is -0.481 e. The molecule has 1 aromatic carbocycles. The van der Waals surface area contributed by atoms with Gasteiger partial charge in [0.25, 0.3) is 0 Å². The van der Waals surface area contributed by atoms with Crippen LogP contribution >= 0.6 is 12.2 Å². The Morgan fingerprint density at radius 2 is 2.21 bits per heavy atom. The van der Waals surface area contributed by atoms with E-state index in [1.54, 1.807) is 25.4 Å². The number of aromatic nitrogens is 1. The predicted molar refractivity (Wildman–Crippen MR) is 92.8 cm³/mol. The average Bonchev–Trinajstić information content (AvgIpc) is 2.57. The van der Waals surface area contributed by atoms with Gasteiger partial charge in [-0.2, -0.15) is 0 Å². The molecule has 3 rings (SSSR count). The third-order valence-corrected chi connectivity index (χ3v) is 4.21. The molecular formula is C18H17FN2O2S. The predicted octanol–water partition coefficient (Wildman–Crippen LogP) is 4.05. The van der Waals surface area contributed by atoms with Gasteiger partial charge < -0.3 is 9.47 Å². The Balaban J connectivity index is 1.66. The highest BCUT2D eigenvalue weighted by Crippen LogP contribution is 2.30. The zero-order valence-corrected chi connectivity index (χ0v) is 14.1. The van der Waals surface area contributed by atoms with Gasteiger partial charge in [-0.1, -0.05) is 12.1 Å². The smallest absolute Gasteiger partial charge is 0.221 e. The fraction of sp³-hybridized carbons (Fsp3) is 0.333. The van der Waals surface area contributed by atoms with Gasteiger partial charge in [0.05, 0.1) is 31.0 Å². The molecule has 6 heteroatoms. The molecule has 1 heterocycles. The minimum absolute atomic E-state index is 0.111. The van der Waals surface area contributed by atoms with Crippen LogP contribution in [0.25, 0.3) is 11.1 Å². The zero-order valence-electron chi connectivity index (χ0n) is 13.2. The van der Waals surface area contributed by atoms with Gasteiger partial charge in [0, 0.05) is 17.3 Å². The van der Waals surface area contributed by atoms with E-state index in [1.165, 1.54) is 6.07 Å². The first-order valence-electron chi connectivity index (χ1n) is 7.67. The van der Waals surface area contributed by atoms with Crippen molar-refractivity contribution in [3.05, 3.63) is 47.9 Å². The van der Waals surface area contributed by atoms with Crippen molar-refractivity contribution in [2.75, 3.05) is 7.11 Å². The molecule has 0 saturated heterocycles. The quantitative estimate of drug-likeness (QED) is 0.586. The Morgan fingerprint density at radius 1 is 1.38 bits per heavy atom. The van der Waals surface area contributed by atoms with Crippen molar-refractivity contribution in [3.8, 4) is 17.0 Å². The van der Waals surface area contributed by atoms with E-state index in [1.807, 2.05) is 12.1 Å². The lowest BCUT2D eigenvalue weighted by molar-refractivity contribution is -0.0192. The Labute approximate surface area is 145 Å². The first-order chi connectivity index (χ1) is 11.7. The van der Waals surface area contributed by atoms with E-state index in [0.29, 0.717) is 11.4 Å². The highest BCUT2D eigenvalue weighted by Gasteiger charge is 2.29. The van der Waals surface area contributed by atoms with Crippen LogP contribution in [0, 0.1) is 5.82 Å². The van der Waals surface area contributed by atoms with Crippen molar-refractivity contribution < 1.29 is 13.9 Å². The Kier molecular flexibility index (Phi) is 5.30. The van der Waals surface area contributed by atoms with Crippen LogP contribution in [0.15, 0.2) is 41.5 Å². The SMILES string of the molecule is COc1ncccc1-c1ccc(CO[C@H]2C[C@H](N=C=S)C2)c(F)c1. The van der Waals surface area contributed by atoms with Crippen molar-refractivity contribution in [2.45, 2.75) is 31.6 Å². The number of aliphatic imine (C=N–C) groups is 1. The second-order valence-corrected chi connectivity index (χ2v) is 5.83. The number of methoxy groups -OCH3 is 1. The molecule has 0 spiro atoms. The summed E-state index contributed by atoms with van der Waals surface area (Å²) in [5, 5.41) is 2.38. The second kappa shape index (κ2) is 7.62. The van der Waals surface area contributed by atoms with Gasteiger partial charge in [-0.25, -0.2) is 14.4 Å². The molecule has 1 aliphatic carbocycles. The summed E-state index contributed by atoms with van der Waals surface area (Å²) in [4.78, 5) is 8.14. The van der Waals surface area contributed by atoms with Crippen LogP contribution in [0.2, 0.25) is 0 Å². The molecule has 0 atom stereocenters. The van der Waals surface area contributed by atoms with Gasteiger partial charge in [-0.05, 0) is 48.8 Å². The van der Waals surface area contributed by atoms with Gasteiger partial charge >= 0.3 is 0 Å². The molecule has 0 N–H and O–H groups in total. The fourth-order valence-electron chi connectivity index (χ4n) is 2.67. The largest absolute Gasteiger partial charge is 0.481 e. The summed E-state index contributed by atoms with van der Waals surface area (Å²) in [5.41, 5.74) is 2.01. The van der Waals surface area contributed by atoms with Crippen molar-refractivity contribution in [1.29, 1.82) is 0 Å². The summed E-state index contributed by atoms with van der Waals surface area (Å²) in [5.74, 6) is 0.173. The second-order valence-electron chi connectivity index (χ2n) is 5.65. The van der Waals surface area contributed by atoms with Crippen molar-refractivity contribution in [3.63, 3.8) is 0 Å². The number of thiocarbonyl (C=S) groups is 1. The number of benzene rings is 1. The highest BCUT2D eigenvalue weighted by molar-refractivity contribution is 7.78. The molecule has 1 aliphatic rings. The van der Waals surface area contributed by atoms with E-state index in [9.17, 15) is 4.39 Å². The molecule has 2 aromatic rings. The zero-order chi connectivity index (χ0) is 16.9. The van der Waals surface area contributed by atoms with Crippen LogP contribution in [0.1, 0.15) is 18.4 Å². The van der Waals surface area contributed by atoms with E-state index in [4.69, 9.17) is 9.47 Å². The van der Waals surface area contributed by atoms with Gasteiger partial charge in [-0.3, -0.25) is 0 Å². The molecule has 0 radical (unpaired) electrons. The van der Waals surface area contributed by atoms with Gasteiger partial charge in [-0.15, -0.1) is 0 Å². The summed E-state index contributed by atoms with van der Waals surface area (Å²) in [6, 6.07) is 8.92. The number of hydrogen-bond acceptors (Lipinski definition) is 5. The lowest BCUT2D eigenvalue weighted by Crippen LogP contribution is -2.34. The molecule has 24 heavy (non-hydrogen) atoms. The van der Waals surface area contributed by atoms with Gasteiger partial charge in [0.1, 0.15) is 5.82 Å². The maximum absolute atomic E-state index is 14.4. The van der Waals surface area contributed by atoms with Crippen LogP contribution in [0.4, 0.5) is 4.39 Å². The number of pyridine rings is 1. The molecule has 1 saturated carbocycles. The normalized spacial score (nSPS) is 19.2. The fourth-order valence-corrected chi connectivity index (χ4v) is 2.82. The van der Waals surface area contributed by atoms with E-state index in [-0.39, 0.29) is 24.6 Å². The van der Waals surface area contributed by atoms with Crippen LogP contribution < -0.4 is 4.74 Å². The molecular weight excluding hydrogens is 327 g/mol. The van der Waals surface area contributed by atoms with E-state index >= 15 is 0 Å². The number of nitrogens with zero attached hydrogens (tertiary/aromatic N) is 2. The Hall–Kier alpha value is -2.14. The van der Waals surface area contributed by atoms with Crippen LogP contribution in [-0.4, -0.2) is 29.4 Å². The summed E-state index contributed by atoms with van der Waals surface area (Å²) in [7, 11) is 1.55. The summed E-state index contributed by atoms with van der Waals surface area (Å²) >= 11 is 4.58. The molecule has 1 fully saturated rings. The highest BCUT2D eigenvalue weighted by atomic mass is 32.1. The molecule has 0 bridgehead atoms. The first-order valence-corrected chi connectivity index (χ1v) is 8.08. The van der Waals surface area contributed by atoms with E-state index in [2.05, 4.69) is 27.4 Å². The molecule has 124 valence electrons. The number of isothiocyanates is 1. The lowest BCUT2D eigenvalue weighted by Gasteiger charge is -2.31. The Morgan fingerprint density at radius 3 is 2.92 bits per heavy atom. The maximum atomic E-state index is 14.4. The third kappa shape index (κ3) is 3.67. The monoisotopic (exact) mass is 344 g/mol.